The predicted molar refractivity (Wildman–Crippen MR) is 87.7 cm³/mol. The van der Waals surface area contributed by atoms with Crippen molar-refractivity contribution in [2.75, 3.05) is 13.1 Å². The number of hydrogen-bond acceptors (Lipinski definition) is 5. The highest BCUT2D eigenvalue weighted by molar-refractivity contribution is 5.97. The van der Waals surface area contributed by atoms with Crippen molar-refractivity contribution in [3.8, 4) is 0 Å². The van der Waals surface area contributed by atoms with Crippen LogP contribution < -0.4 is 0 Å². The second-order valence-electron chi connectivity index (χ2n) is 6.39. The molecule has 0 bridgehead atoms. The summed E-state index contributed by atoms with van der Waals surface area (Å²) in [5, 5.41) is 9.07. The van der Waals surface area contributed by atoms with Crippen LogP contribution in [0, 0.1) is 13.8 Å². The molecular weight excluding hydrogens is 306 g/mol. The number of carbonyl (C=O) groups is 1. The smallest absolute Gasteiger partial charge is 0.257 e. The van der Waals surface area contributed by atoms with Crippen LogP contribution in [-0.4, -0.2) is 43.8 Å². The molecule has 3 aromatic heterocycles. The van der Waals surface area contributed by atoms with Crippen molar-refractivity contribution in [2.45, 2.75) is 32.7 Å². The standard InChI is InChI=1S/C17H19N5O2/c1-11-7-19-22(9-11)14-4-3-5-21(10-14)17(23)13-6-15-12(2)20-24-16(15)18-8-13/h6-9,14H,3-5,10H2,1-2H3/t14-/m0/s1. The summed E-state index contributed by atoms with van der Waals surface area (Å²) in [7, 11) is 0. The molecular formula is C17H19N5O2. The molecule has 4 heterocycles. The molecule has 3 aromatic rings. The highest BCUT2D eigenvalue weighted by atomic mass is 16.5. The lowest BCUT2D eigenvalue weighted by Gasteiger charge is -2.32. The van der Waals surface area contributed by atoms with Crippen LogP contribution in [0.3, 0.4) is 0 Å². The van der Waals surface area contributed by atoms with E-state index in [-0.39, 0.29) is 11.9 Å². The van der Waals surface area contributed by atoms with Gasteiger partial charge in [-0.2, -0.15) is 5.10 Å². The number of amides is 1. The number of fused-ring (bicyclic) bond motifs is 1. The summed E-state index contributed by atoms with van der Waals surface area (Å²) < 4.78 is 7.08. The predicted octanol–water partition coefficient (Wildman–Crippen LogP) is 2.51. The maximum Gasteiger partial charge on any atom is 0.257 e. The Morgan fingerprint density at radius 2 is 2.21 bits per heavy atom. The van der Waals surface area contributed by atoms with Gasteiger partial charge >= 0.3 is 0 Å². The van der Waals surface area contributed by atoms with E-state index in [2.05, 4.69) is 15.2 Å². The van der Waals surface area contributed by atoms with Crippen molar-refractivity contribution >= 4 is 17.0 Å². The summed E-state index contributed by atoms with van der Waals surface area (Å²) in [5.74, 6) is -0.00132. The summed E-state index contributed by atoms with van der Waals surface area (Å²) in [6, 6.07) is 2.04. The third-order valence-electron chi connectivity index (χ3n) is 4.55. The van der Waals surface area contributed by atoms with Crippen LogP contribution in [0.2, 0.25) is 0 Å². The maximum absolute atomic E-state index is 12.9. The van der Waals surface area contributed by atoms with Crippen molar-refractivity contribution in [3.05, 3.63) is 41.5 Å². The number of pyridine rings is 1. The van der Waals surface area contributed by atoms with Gasteiger partial charge < -0.3 is 9.42 Å². The summed E-state index contributed by atoms with van der Waals surface area (Å²) in [6.07, 6.45) is 7.46. The van der Waals surface area contributed by atoms with E-state index in [1.807, 2.05) is 41.9 Å². The number of carbonyl (C=O) groups excluding carboxylic acids is 1. The van der Waals surface area contributed by atoms with E-state index in [0.29, 0.717) is 17.8 Å². The second-order valence-corrected chi connectivity index (χ2v) is 6.39. The van der Waals surface area contributed by atoms with Gasteiger partial charge in [-0.15, -0.1) is 0 Å². The number of nitrogens with zero attached hydrogens (tertiary/aromatic N) is 5. The zero-order chi connectivity index (χ0) is 16.7. The fourth-order valence-corrected chi connectivity index (χ4v) is 3.23. The minimum absolute atomic E-state index is 0.00132. The van der Waals surface area contributed by atoms with Crippen LogP contribution in [-0.2, 0) is 0 Å². The normalized spacial score (nSPS) is 18.2. The Balaban J connectivity index is 1.57. The van der Waals surface area contributed by atoms with Crippen LogP contribution in [0.5, 0.6) is 0 Å². The molecule has 0 N–H and O–H groups in total. The zero-order valence-electron chi connectivity index (χ0n) is 13.8. The van der Waals surface area contributed by atoms with E-state index >= 15 is 0 Å². The van der Waals surface area contributed by atoms with Crippen molar-refractivity contribution in [1.29, 1.82) is 0 Å². The Morgan fingerprint density at radius 3 is 3.00 bits per heavy atom. The molecule has 24 heavy (non-hydrogen) atoms. The molecule has 1 atom stereocenters. The van der Waals surface area contributed by atoms with Gasteiger partial charge in [-0.05, 0) is 38.3 Å². The van der Waals surface area contributed by atoms with Gasteiger partial charge in [0.2, 0.25) is 0 Å². The van der Waals surface area contributed by atoms with Crippen LogP contribution in [0.15, 0.2) is 29.2 Å². The second kappa shape index (κ2) is 5.74. The van der Waals surface area contributed by atoms with Crippen LogP contribution in [0.4, 0.5) is 0 Å². The van der Waals surface area contributed by atoms with E-state index in [0.717, 1.165) is 36.0 Å². The molecule has 124 valence electrons. The zero-order valence-corrected chi connectivity index (χ0v) is 13.8. The summed E-state index contributed by atoms with van der Waals surface area (Å²) in [5.41, 5.74) is 2.92. The van der Waals surface area contributed by atoms with E-state index in [4.69, 9.17) is 4.52 Å². The van der Waals surface area contributed by atoms with Crippen molar-refractivity contribution < 1.29 is 9.32 Å². The third-order valence-corrected chi connectivity index (χ3v) is 4.55. The molecule has 1 aliphatic rings. The summed E-state index contributed by atoms with van der Waals surface area (Å²) in [6.45, 7) is 5.30. The Kier molecular flexibility index (Phi) is 3.55. The van der Waals surface area contributed by atoms with Crippen molar-refractivity contribution in [2.24, 2.45) is 0 Å². The SMILES string of the molecule is Cc1cnn([C@H]2CCCN(C(=O)c3cnc4onc(C)c4c3)C2)c1. The first kappa shape index (κ1) is 14.9. The number of hydrogen-bond donors (Lipinski definition) is 0. The van der Waals surface area contributed by atoms with Crippen LogP contribution in [0.1, 0.15) is 40.5 Å². The Morgan fingerprint density at radius 1 is 1.33 bits per heavy atom. The van der Waals surface area contributed by atoms with Gasteiger partial charge in [0, 0.05) is 25.5 Å². The average molecular weight is 325 g/mol. The van der Waals surface area contributed by atoms with Crippen LogP contribution in [0.25, 0.3) is 11.1 Å². The monoisotopic (exact) mass is 325 g/mol. The topological polar surface area (TPSA) is 77.0 Å². The molecule has 0 unspecified atom stereocenters. The lowest BCUT2D eigenvalue weighted by Crippen LogP contribution is -2.40. The molecule has 4 rings (SSSR count). The number of aryl methyl sites for hydroxylation is 2. The highest BCUT2D eigenvalue weighted by Gasteiger charge is 2.26. The summed E-state index contributed by atoms with van der Waals surface area (Å²) >= 11 is 0. The Bertz CT molecular complexity index is 897. The van der Waals surface area contributed by atoms with Gasteiger partial charge in [0.25, 0.3) is 11.6 Å². The number of rotatable bonds is 2. The Hall–Kier alpha value is -2.70. The number of aromatic nitrogens is 4. The third kappa shape index (κ3) is 2.55. The van der Waals surface area contributed by atoms with Gasteiger partial charge in [0.05, 0.1) is 28.9 Å². The molecule has 7 heteroatoms. The molecule has 0 aromatic carbocycles. The first-order valence-electron chi connectivity index (χ1n) is 8.14. The minimum atomic E-state index is -0.00132. The quantitative estimate of drug-likeness (QED) is 0.723. The van der Waals surface area contributed by atoms with Crippen molar-refractivity contribution in [1.82, 2.24) is 24.8 Å². The first-order valence-corrected chi connectivity index (χ1v) is 8.14. The van der Waals surface area contributed by atoms with E-state index in [1.54, 1.807) is 6.20 Å². The average Bonchev–Trinajstić information content (AvgIpc) is 3.20. The molecule has 1 amide bonds. The molecule has 0 spiro atoms. The molecule has 1 aliphatic heterocycles. The molecule has 0 radical (unpaired) electrons. The summed E-state index contributed by atoms with van der Waals surface area (Å²) in [4.78, 5) is 19.0. The minimum Gasteiger partial charge on any atom is -0.336 e. The molecule has 1 saturated heterocycles. The lowest BCUT2D eigenvalue weighted by atomic mass is 10.0. The van der Waals surface area contributed by atoms with Crippen molar-refractivity contribution in [3.63, 3.8) is 0 Å². The highest BCUT2D eigenvalue weighted by Crippen LogP contribution is 2.24. The van der Waals surface area contributed by atoms with E-state index < -0.39 is 0 Å². The van der Waals surface area contributed by atoms with Gasteiger partial charge in [-0.3, -0.25) is 9.48 Å². The number of piperidine rings is 1. The van der Waals surface area contributed by atoms with Gasteiger partial charge in [-0.25, -0.2) is 4.98 Å². The molecule has 1 fully saturated rings. The maximum atomic E-state index is 12.9. The first-order chi connectivity index (χ1) is 11.6. The fourth-order valence-electron chi connectivity index (χ4n) is 3.23. The van der Waals surface area contributed by atoms with Gasteiger partial charge in [-0.1, -0.05) is 5.16 Å². The molecule has 0 saturated carbocycles. The van der Waals surface area contributed by atoms with Gasteiger partial charge in [0.15, 0.2) is 0 Å². The number of likely N-dealkylation sites (tertiary alicyclic amines) is 1. The molecule has 7 nitrogen and oxygen atoms in total. The van der Waals surface area contributed by atoms with E-state index in [9.17, 15) is 4.79 Å². The van der Waals surface area contributed by atoms with Gasteiger partial charge in [0.1, 0.15) is 0 Å². The molecule has 0 aliphatic carbocycles. The van der Waals surface area contributed by atoms with Crippen LogP contribution >= 0.6 is 0 Å². The largest absolute Gasteiger partial charge is 0.336 e. The van der Waals surface area contributed by atoms with E-state index in [1.165, 1.54) is 0 Å². The Labute approximate surface area is 139 Å². The lowest BCUT2D eigenvalue weighted by molar-refractivity contribution is 0.0672. The fraction of sp³-hybridized carbons (Fsp3) is 0.412.